The molecule has 2 fully saturated rings. The van der Waals surface area contributed by atoms with Crippen molar-refractivity contribution in [1.82, 2.24) is 4.90 Å². The maximum Gasteiger partial charge on any atom is 0.306 e. The van der Waals surface area contributed by atoms with E-state index >= 15 is 0 Å². The van der Waals surface area contributed by atoms with Gasteiger partial charge < -0.3 is 14.2 Å². The zero-order valence-electron chi connectivity index (χ0n) is 13.7. The van der Waals surface area contributed by atoms with Crippen LogP contribution < -0.4 is 9.47 Å². The number of likely N-dealkylation sites (tertiary alicyclic amines) is 1. The maximum absolute atomic E-state index is 11.1. The number of rotatable bonds is 6. The van der Waals surface area contributed by atoms with Gasteiger partial charge >= 0.3 is 5.97 Å². The first-order chi connectivity index (χ1) is 11.2. The van der Waals surface area contributed by atoms with Gasteiger partial charge in [-0.1, -0.05) is 0 Å². The minimum absolute atomic E-state index is 0.0437. The molecule has 2 heterocycles. The van der Waals surface area contributed by atoms with Crippen LogP contribution in [0.4, 0.5) is 0 Å². The number of carbonyl (C=O) groups is 1. The summed E-state index contributed by atoms with van der Waals surface area (Å²) in [6.07, 6.45) is 3.83. The second-order valence-electron chi connectivity index (χ2n) is 6.38. The molecule has 5 heteroatoms. The highest BCUT2D eigenvalue weighted by Gasteiger charge is 2.27. The molecule has 0 aliphatic carbocycles. The van der Waals surface area contributed by atoms with Gasteiger partial charge in [0.1, 0.15) is 17.6 Å². The van der Waals surface area contributed by atoms with Crippen LogP contribution in [0, 0.1) is 5.92 Å². The Morgan fingerprint density at radius 1 is 1.13 bits per heavy atom. The van der Waals surface area contributed by atoms with Crippen LogP contribution in [0.2, 0.25) is 0 Å². The van der Waals surface area contributed by atoms with E-state index in [1.54, 1.807) is 7.11 Å². The van der Waals surface area contributed by atoms with E-state index in [1.807, 2.05) is 24.3 Å². The van der Waals surface area contributed by atoms with Crippen LogP contribution in [0.1, 0.15) is 25.7 Å². The summed E-state index contributed by atoms with van der Waals surface area (Å²) in [6.45, 7) is 3.77. The Kier molecular flexibility index (Phi) is 5.39. The lowest BCUT2D eigenvalue weighted by Gasteiger charge is -2.32. The van der Waals surface area contributed by atoms with Gasteiger partial charge in [-0.05, 0) is 62.5 Å². The average Bonchev–Trinajstić information content (AvgIpc) is 2.99. The Balaban J connectivity index is 1.36. The molecular weight excluding hydrogens is 294 g/mol. The molecule has 3 rings (SSSR count). The molecule has 0 aromatic heterocycles. The topological polar surface area (TPSA) is 48.0 Å². The highest BCUT2D eigenvalue weighted by atomic mass is 16.5. The third kappa shape index (κ3) is 4.61. The number of nitrogens with zero attached hydrogens (tertiary/aromatic N) is 1. The Morgan fingerprint density at radius 2 is 1.83 bits per heavy atom. The lowest BCUT2D eigenvalue weighted by atomic mass is 9.97. The molecule has 5 nitrogen and oxygen atoms in total. The van der Waals surface area contributed by atoms with Crippen LogP contribution >= 0.6 is 0 Å². The Labute approximate surface area is 137 Å². The maximum atomic E-state index is 11.1. The van der Waals surface area contributed by atoms with Crippen molar-refractivity contribution < 1.29 is 19.0 Å². The summed E-state index contributed by atoms with van der Waals surface area (Å²) in [6, 6.07) is 7.73. The summed E-state index contributed by atoms with van der Waals surface area (Å²) in [5, 5.41) is 0. The Hall–Kier alpha value is -1.75. The number of hydrogen-bond acceptors (Lipinski definition) is 5. The van der Waals surface area contributed by atoms with Gasteiger partial charge in [-0.3, -0.25) is 9.69 Å². The molecule has 0 N–H and O–H groups in total. The number of carbonyl (C=O) groups excluding carboxylic acids is 1. The molecule has 1 aromatic rings. The van der Waals surface area contributed by atoms with Gasteiger partial charge in [0.2, 0.25) is 0 Å². The minimum Gasteiger partial charge on any atom is -0.497 e. The van der Waals surface area contributed by atoms with Crippen LogP contribution in [-0.4, -0.2) is 50.3 Å². The fraction of sp³-hybridized carbons (Fsp3) is 0.611. The molecule has 0 spiro atoms. The van der Waals surface area contributed by atoms with Gasteiger partial charge in [0.25, 0.3) is 0 Å². The van der Waals surface area contributed by atoms with E-state index in [1.165, 1.54) is 0 Å². The van der Waals surface area contributed by atoms with Crippen LogP contribution in [-0.2, 0) is 9.53 Å². The van der Waals surface area contributed by atoms with Crippen molar-refractivity contribution in [3.05, 3.63) is 24.3 Å². The standard InChI is InChI=1S/C18H25NO4/c1-21-15-2-4-16(5-3-15)22-13-14-8-10-19(11-9-14)12-17-6-7-18(20)23-17/h2-5,14,17H,6-13H2,1H3. The molecule has 1 aromatic carbocycles. The van der Waals surface area contributed by atoms with Crippen LogP contribution in [0.3, 0.4) is 0 Å². The molecule has 0 bridgehead atoms. The van der Waals surface area contributed by atoms with E-state index in [4.69, 9.17) is 14.2 Å². The van der Waals surface area contributed by atoms with Crippen molar-refractivity contribution in [2.45, 2.75) is 31.8 Å². The first-order valence-corrected chi connectivity index (χ1v) is 8.41. The van der Waals surface area contributed by atoms with E-state index in [2.05, 4.69) is 4.90 Å². The molecule has 0 radical (unpaired) electrons. The summed E-state index contributed by atoms with van der Waals surface area (Å²) >= 11 is 0. The van der Waals surface area contributed by atoms with Crippen LogP contribution in [0.15, 0.2) is 24.3 Å². The number of ether oxygens (including phenoxy) is 3. The van der Waals surface area contributed by atoms with Crippen molar-refractivity contribution in [2.24, 2.45) is 5.92 Å². The molecule has 0 amide bonds. The summed E-state index contributed by atoms with van der Waals surface area (Å²) in [5.74, 6) is 2.29. The first-order valence-electron chi connectivity index (χ1n) is 8.41. The largest absolute Gasteiger partial charge is 0.497 e. The van der Waals surface area contributed by atoms with Crippen LogP contribution in [0.25, 0.3) is 0 Å². The van der Waals surface area contributed by atoms with E-state index in [-0.39, 0.29) is 12.1 Å². The normalized spacial score (nSPS) is 22.8. The molecule has 0 saturated carbocycles. The molecule has 126 valence electrons. The lowest BCUT2D eigenvalue weighted by molar-refractivity contribution is -0.142. The second-order valence-corrected chi connectivity index (χ2v) is 6.38. The number of esters is 1. The SMILES string of the molecule is COc1ccc(OCC2CCN(CC3CCC(=O)O3)CC2)cc1. The first kappa shape index (κ1) is 16.1. The summed E-state index contributed by atoms with van der Waals surface area (Å²) in [5.41, 5.74) is 0. The molecule has 2 saturated heterocycles. The minimum atomic E-state index is -0.0437. The number of piperidine rings is 1. The van der Waals surface area contributed by atoms with Gasteiger partial charge in [0, 0.05) is 13.0 Å². The Bertz CT molecular complexity index is 508. The third-order valence-electron chi connectivity index (χ3n) is 4.68. The fourth-order valence-electron chi connectivity index (χ4n) is 3.22. The number of benzene rings is 1. The zero-order valence-corrected chi connectivity index (χ0v) is 13.7. The summed E-state index contributed by atoms with van der Waals surface area (Å²) in [4.78, 5) is 13.6. The third-order valence-corrected chi connectivity index (χ3v) is 4.68. The monoisotopic (exact) mass is 319 g/mol. The number of cyclic esters (lactones) is 1. The second kappa shape index (κ2) is 7.68. The zero-order chi connectivity index (χ0) is 16.1. The summed E-state index contributed by atoms with van der Waals surface area (Å²) in [7, 11) is 1.66. The molecular formula is C18H25NO4. The van der Waals surface area contributed by atoms with Crippen molar-refractivity contribution in [3.8, 4) is 11.5 Å². The average molecular weight is 319 g/mol. The quantitative estimate of drug-likeness (QED) is 0.754. The molecule has 23 heavy (non-hydrogen) atoms. The van der Waals surface area contributed by atoms with Crippen LogP contribution in [0.5, 0.6) is 11.5 Å². The molecule has 1 unspecified atom stereocenters. The van der Waals surface area contributed by atoms with Crippen molar-refractivity contribution in [2.75, 3.05) is 33.4 Å². The van der Waals surface area contributed by atoms with Gasteiger partial charge in [0.15, 0.2) is 0 Å². The number of hydrogen-bond donors (Lipinski definition) is 0. The fourth-order valence-corrected chi connectivity index (χ4v) is 3.22. The van der Waals surface area contributed by atoms with Crippen molar-refractivity contribution in [1.29, 1.82) is 0 Å². The van der Waals surface area contributed by atoms with Gasteiger partial charge in [-0.2, -0.15) is 0 Å². The highest BCUT2D eigenvalue weighted by Crippen LogP contribution is 2.23. The lowest BCUT2D eigenvalue weighted by Crippen LogP contribution is -2.39. The van der Waals surface area contributed by atoms with E-state index < -0.39 is 0 Å². The smallest absolute Gasteiger partial charge is 0.306 e. The predicted molar refractivity (Wildman–Crippen MR) is 86.8 cm³/mol. The van der Waals surface area contributed by atoms with Gasteiger partial charge in [-0.25, -0.2) is 0 Å². The highest BCUT2D eigenvalue weighted by molar-refractivity contribution is 5.71. The van der Waals surface area contributed by atoms with Gasteiger partial charge in [-0.15, -0.1) is 0 Å². The summed E-state index contributed by atoms with van der Waals surface area (Å²) < 4.78 is 16.3. The number of methoxy groups -OCH3 is 1. The van der Waals surface area contributed by atoms with E-state index in [0.717, 1.165) is 57.0 Å². The van der Waals surface area contributed by atoms with E-state index in [0.29, 0.717) is 12.3 Å². The molecule has 2 aliphatic rings. The van der Waals surface area contributed by atoms with Gasteiger partial charge in [0.05, 0.1) is 13.7 Å². The van der Waals surface area contributed by atoms with Crippen molar-refractivity contribution in [3.63, 3.8) is 0 Å². The molecule has 2 aliphatic heterocycles. The van der Waals surface area contributed by atoms with Crippen molar-refractivity contribution >= 4 is 5.97 Å². The van der Waals surface area contributed by atoms with E-state index in [9.17, 15) is 4.79 Å². The molecule has 1 atom stereocenters. The Morgan fingerprint density at radius 3 is 2.43 bits per heavy atom. The predicted octanol–water partition coefficient (Wildman–Crippen LogP) is 2.49.